The third kappa shape index (κ3) is 2.05. The van der Waals surface area contributed by atoms with E-state index in [0.717, 1.165) is 10.2 Å². The van der Waals surface area contributed by atoms with Gasteiger partial charge in [-0.2, -0.15) is 0 Å². The summed E-state index contributed by atoms with van der Waals surface area (Å²) in [7, 11) is 1.89. The predicted octanol–water partition coefficient (Wildman–Crippen LogP) is 2.01. The van der Waals surface area contributed by atoms with Gasteiger partial charge in [0.05, 0.1) is 5.02 Å². The Morgan fingerprint density at radius 2 is 2.29 bits per heavy atom. The Balaban J connectivity index is 2.19. The van der Waals surface area contributed by atoms with Gasteiger partial charge in [0.15, 0.2) is 5.16 Å². The summed E-state index contributed by atoms with van der Waals surface area (Å²) in [5.74, 6) is 0. The Labute approximate surface area is 90.3 Å². The lowest BCUT2D eigenvalue weighted by Gasteiger charge is -1.98. The van der Waals surface area contributed by atoms with Crippen LogP contribution < -0.4 is 0 Å². The molecule has 2 aromatic rings. The topological polar surface area (TPSA) is 43.6 Å². The number of hydrogen-bond acceptors (Lipinski definition) is 4. The molecular weight excluding hydrogens is 220 g/mol. The average Bonchev–Trinajstić information content (AvgIpc) is 2.56. The molecule has 0 N–H and O–H groups in total. The van der Waals surface area contributed by atoms with Crippen LogP contribution in [-0.2, 0) is 7.05 Å². The van der Waals surface area contributed by atoms with Crippen molar-refractivity contribution >= 4 is 23.4 Å². The number of pyridine rings is 1. The van der Waals surface area contributed by atoms with Crippen molar-refractivity contribution in [1.29, 1.82) is 0 Å². The van der Waals surface area contributed by atoms with E-state index in [1.807, 2.05) is 17.7 Å². The highest BCUT2D eigenvalue weighted by Gasteiger charge is 2.03. The monoisotopic (exact) mass is 226 g/mol. The molecule has 2 aromatic heterocycles. The first-order valence-electron chi connectivity index (χ1n) is 3.89. The molecule has 0 unspecified atom stereocenters. The summed E-state index contributed by atoms with van der Waals surface area (Å²) in [6.45, 7) is 0. The third-order valence-electron chi connectivity index (χ3n) is 1.57. The largest absolute Gasteiger partial charge is 0.311 e. The zero-order chi connectivity index (χ0) is 9.97. The molecule has 0 atom stereocenters. The lowest BCUT2D eigenvalue weighted by atomic mass is 10.5. The molecule has 0 aliphatic heterocycles. The number of aromatic nitrogens is 4. The first-order valence-corrected chi connectivity index (χ1v) is 5.08. The second-order valence-corrected chi connectivity index (χ2v) is 4.07. The molecule has 14 heavy (non-hydrogen) atoms. The van der Waals surface area contributed by atoms with Crippen molar-refractivity contribution in [3.63, 3.8) is 0 Å². The molecule has 6 heteroatoms. The molecule has 4 nitrogen and oxygen atoms in total. The molecule has 0 radical (unpaired) electrons. The van der Waals surface area contributed by atoms with Crippen molar-refractivity contribution in [2.45, 2.75) is 10.2 Å². The second kappa shape index (κ2) is 3.98. The third-order valence-corrected chi connectivity index (χ3v) is 2.79. The van der Waals surface area contributed by atoms with E-state index in [4.69, 9.17) is 11.6 Å². The van der Waals surface area contributed by atoms with Crippen LogP contribution in [0.15, 0.2) is 34.8 Å². The minimum Gasteiger partial charge on any atom is -0.311 e. The summed E-state index contributed by atoms with van der Waals surface area (Å²) in [5.41, 5.74) is 0. The summed E-state index contributed by atoms with van der Waals surface area (Å²) in [5, 5.41) is 10.00. The van der Waals surface area contributed by atoms with E-state index in [1.54, 1.807) is 18.6 Å². The molecular formula is C8H7ClN4S. The van der Waals surface area contributed by atoms with E-state index >= 15 is 0 Å². The van der Waals surface area contributed by atoms with Crippen LogP contribution in [-0.4, -0.2) is 19.7 Å². The molecule has 0 amide bonds. The molecule has 0 fully saturated rings. The van der Waals surface area contributed by atoms with Gasteiger partial charge in [-0.3, -0.25) is 0 Å². The average molecular weight is 227 g/mol. The van der Waals surface area contributed by atoms with Crippen LogP contribution in [0.1, 0.15) is 0 Å². The van der Waals surface area contributed by atoms with E-state index in [9.17, 15) is 0 Å². The van der Waals surface area contributed by atoms with E-state index in [1.165, 1.54) is 11.8 Å². The fourth-order valence-corrected chi connectivity index (χ4v) is 1.70. The Morgan fingerprint density at radius 3 is 2.86 bits per heavy atom. The van der Waals surface area contributed by atoms with E-state index in [-0.39, 0.29) is 0 Å². The standard InChI is InChI=1S/C8H7ClN4S/c1-13-5-11-12-8(13)14-7-3-2-6(9)4-10-7/h2-5H,1H3. The molecule has 0 aliphatic carbocycles. The summed E-state index contributed by atoms with van der Waals surface area (Å²) < 4.78 is 1.83. The highest BCUT2D eigenvalue weighted by atomic mass is 35.5. The van der Waals surface area contributed by atoms with Crippen molar-refractivity contribution in [1.82, 2.24) is 19.7 Å². The van der Waals surface area contributed by atoms with Gasteiger partial charge in [0.2, 0.25) is 0 Å². The maximum Gasteiger partial charge on any atom is 0.197 e. The molecule has 0 spiro atoms. The molecule has 72 valence electrons. The van der Waals surface area contributed by atoms with E-state index in [0.29, 0.717) is 5.02 Å². The normalized spacial score (nSPS) is 10.4. The lowest BCUT2D eigenvalue weighted by molar-refractivity contribution is 0.787. The maximum atomic E-state index is 5.72. The predicted molar refractivity (Wildman–Crippen MR) is 54.4 cm³/mol. The fourth-order valence-electron chi connectivity index (χ4n) is 0.881. The van der Waals surface area contributed by atoms with Crippen molar-refractivity contribution in [3.05, 3.63) is 29.7 Å². The van der Waals surface area contributed by atoms with E-state index < -0.39 is 0 Å². The Bertz CT molecular complexity index is 425. The summed E-state index contributed by atoms with van der Waals surface area (Å²) >= 11 is 7.17. The quantitative estimate of drug-likeness (QED) is 0.786. The van der Waals surface area contributed by atoms with Crippen LogP contribution in [0.2, 0.25) is 5.02 Å². The minimum absolute atomic E-state index is 0.632. The van der Waals surface area contributed by atoms with Gasteiger partial charge >= 0.3 is 0 Å². The number of halogens is 1. The number of aryl methyl sites for hydroxylation is 1. The molecule has 2 rings (SSSR count). The Morgan fingerprint density at radius 1 is 1.43 bits per heavy atom. The summed E-state index contributed by atoms with van der Waals surface area (Å²) in [4.78, 5) is 4.14. The SMILES string of the molecule is Cn1cnnc1Sc1ccc(Cl)cn1. The summed E-state index contributed by atoms with van der Waals surface area (Å²) in [6.07, 6.45) is 3.26. The molecule has 0 saturated carbocycles. The van der Waals surface area contributed by atoms with Gasteiger partial charge in [0, 0.05) is 13.2 Å². The van der Waals surface area contributed by atoms with Gasteiger partial charge in [-0.25, -0.2) is 4.98 Å². The van der Waals surface area contributed by atoms with Crippen molar-refractivity contribution in [2.24, 2.45) is 7.05 Å². The minimum atomic E-state index is 0.632. The number of rotatable bonds is 2. The van der Waals surface area contributed by atoms with Gasteiger partial charge in [-0.1, -0.05) is 11.6 Å². The lowest BCUT2D eigenvalue weighted by Crippen LogP contribution is -1.89. The van der Waals surface area contributed by atoms with Gasteiger partial charge in [-0.15, -0.1) is 10.2 Å². The molecule has 0 aliphatic rings. The van der Waals surface area contributed by atoms with Crippen molar-refractivity contribution in [2.75, 3.05) is 0 Å². The highest BCUT2D eigenvalue weighted by molar-refractivity contribution is 7.99. The van der Waals surface area contributed by atoms with Crippen molar-refractivity contribution in [3.8, 4) is 0 Å². The van der Waals surface area contributed by atoms with Crippen LogP contribution in [0.5, 0.6) is 0 Å². The fraction of sp³-hybridized carbons (Fsp3) is 0.125. The van der Waals surface area contributed by atoms with E-state index in [2.05, 4.69) is 15.2 Å². The second-order valence-electron chi connectivity index (χ2n) is 2.64. The smallest absolute Gasteiger partial charge is 0.197 e. The van der Waals surface area contributed by atoms with Gasteiger partial charge < -0.3 is 4.57 Å². The van der Waals surface area contributed by atoms with Crippen LogP contribution in [0.4, 0.5) is 0 Å². The van der Waals surface area contributed by atoms with Crippen LogP contribution in [0.25, 0.3) is 0 Å². The summed E-state index contributed by atoms with van der Waals surface area (Å²) in [6, 6.07) is 3.65. The van der Waals surface area contributed by atoms with Crippen LogP contribution in [0.3, 0.4) is 0 Å². The van der Waals surface area contributed by atoms with Gasteiger partial charge in [0.25, 0.3) is 0 Å². The van der Waals surface area contributed by atoms with Crippen LogP contribution >= 0.6 is 23.4 Å². The first kappa shape index (κ1) is 9.48. The maximum absolute atomic E-state index is 5.72. The van der Waals surface area contributed by atoms with Crippen LogP contribution in [0, 0.1) is 0 Å². The number of hydrogen-bond donors (Lipinski definition) is 0. The highest BCUT2D eigenvalue weighted by Crippen LogP contribution is 2.23. The number of nitrogens with zero attached hydrogens (tertiary/aromatic N) is 4. The van der Waals surface area contributed by atoms with Gasteiger partial charge in [-0.05, 0) is 23.9 Å². The Hall–Kier alpha value is -1.07. The zero-order valence-corrected chi connectivity index (χ0v) is 8.96. The molecule has 2 heterocycles. The molecule has 0 aromatic carbocycles. The Kier molecular flexibility index (Phi) is 2.69. The first-order chi connectivity index (χ1) is 6.75. The zero-order valence-electron chi connectivity index (χ0n) is 7.38. The molecule has 0 saturated heterocycles. The van der Waals surface area contributed by atoms with Crippen molar-refractivity contribution < 1.29 is 0 Å². The van der Waals surface area contributed by atoms with Gasteiger partial charge in [0.1, 0.15) is 11.4 Å². The molecule has 0 bridgehead atoms.